The molecule has 1 aromatic carbocycles. The Morgan fingerprint density at radius 2 is 2.17 bits per heavy atom. The van der Waals surface area contributed by atoms with Crippen molar-refractivity contribution in [3.05, 3.63) is 51.2 Å². The van der Waals surface area contributed by atoms with Gasteiger partial charge in [-0.05, 0) is 32.4 Å². The molecule has 1 aliphatic carbocycles. The number of nitrogens with one attached hydrogen (secondary N) is 1. The molecule has 1 aliphatic rings. The zero-order chi connectivity index (χ0) is 12.5. The zero-order valence-corrected chi connectivity index (χ0v) is 11.1. The quantitative estimate of drug-likeness (QED) is 0.919. The second-order valence-corrected chi connectivity index (χ2v) is 5.63. The Hall–Kier alpha value is -1.26. The van der Waals surface area contributed by atoms with E-state index in [0.717, 1.165) is 17.8 Å². The van der Waals surface area contributed by atoms with Gasteiger partial charge in [0.05, 0.1) is 11.7 Å². The Kier molecular flexibility index (Phi) is 3.14. The summed E-state index contributed by atoms with van der Waals surface area (Å²) in [6.45, 7) is 0. The van der Waals surface area contributed by atoms with E-state index in [1.165, 1.54) is 23.1 Å². The minimum Gasteiger partial charge on any atom is -0.307 e. The zero-order valence-electron chi connectivity index (χ0n) is 10.2. The summed E-state index contributed by atoms with van der Waals surface area (Å²) in [6, 6.07) is 6.77. The summed E-state index contributed by atoms with van der Waals surface area (Å²) in [7, 11) is 1.85. The number of nitrogens with zero attached hydrogens (tertiary/aromatic N) is 1. The third-order valence-corrected chi connectivity index (χ3v) is 4.59. The molecule has 0 saturated carbocycles. The van der Waals surface area contributed by atoms with Gasteiger partial charge in [0.25, 0.3) is 0 Å². The van der Waals surface area contributed by atoms with Crippen LogP contribution in [-0.2, 0) is 12.8 Å². The van der Waals surface area contributed by atoms with Crippen LogP contribution in [0.4, 0.5) is 4.39 Å². The Bertz CT molecular complexity index is 543. The van der Waals surface area contributed by atoms with Gasteiger partial charge in [-0.15, -0.1) is 11.3 Å². The number of hydrogen-bond acceptors (Lipinski definition) is 3. The first-order valence-corrected chi connectivity index (χ1v) is 7.01. The van der Waals surface area contributed by atoms with Gasteiger partial charge >= 0.3 is 0 Å². The number of benzene rings is 1. The highest BCUT2D eigenvalue weighted by Crippen LogP contribution is 2.33. The Morgan fingerprint density at radius 1 is 1.33 bits per heavy atom. The lowest BCUT2D eigenvalue weighted by Gasteiger charge is -2.14. The van der Waals surface area contributed by atoms with Gasteiger partial charge in [0, 0.05) is 10.4 Å². The van der Waals surface area contributed by atoms with Crippen molar-refractivity contribution < 1.29 is 4.39 Å². The molecule has 1 aromatic heterocycles. The van der Waals surface area contributed by atoms with Crippen LogP contribution in [0.25, 0.3) is 0 Å². The molecule has 2 aromatic rings. The number of rotatable bonds is 3. The molecule has 1 N–H and O–H groups in total. The van der Waals surface area contributed by atoms with Crippen LogP contribution in [0.5, 0.6) is 0 Å². The summed E-state index contributed by atoms with van der Waals surface area (Å²) >= 11 is 1.72. The number of aryl methyl sites for hydroxylation is 2. The summed E-state index contributed by atoms with van der Waals surface area (Å²) in [4.78, 5) is 6.05. The van der Waals surface area contributed by atoms with Crippen molar-refractivity contribution in [3.63, 3.8) is 0 Å². The van der Waals surface area contributed by atoms with Crippen LogP contribution in [0.2, 0.25) is 0 Å². The average Bonchev–Trinajstić information content (AvgIpc) is 2.93. The second-order valence-electron chi connectivity index (χ2n) is 4.52. The van der Waals surface area contributed by atoms with E-state index in [9.17, 15) is 4.39 Å². The molecule has 1 atom stereocenters. The highest BCUT2D eigenvalue weighted by Gasteiger charge is 2.23. The molecule has 1 heterocycles. The van der Waals surface area contributed by atoms with Crippen molar-refractivity contribution >= 4 is 11.3 Å². The van der Waals surface area contributed by atoms with Crippen LogP contribution in [0.3, 0.4) is 0 Å². The molecule has 3 rings (SSSR count). The second kappa shape index (κ2) is 4.78. The smallest absolute Gasteiger partial charge is 0.128 e. The molecule has 0 bridgehead atoms. The molecule has 0 saturated heterocycles. The number of fused-ring (bicyclic) bond motifs is 1. The van der Waals surface area contributed by atoms with Crippen molar-refractivity contribution in [3.8, 4) is 0 Å². The van der Waals surface area contributed by atoms with E-state index in [0.29, 0.717) is 5.56 Å². The lowest BCUT2D eigenvalue weighted by molar-refractivity contribution is 0.574. The van der Waals surface area contributed by atoms with Gasteiger partial charge in [0.15, 0.2) is 0 Å². The molecule has 1 unspecified atom stereocenters. The summed E-state index contributed by atoms with van der Waals surface area (Å²) in [5, 5.41) is 4.15. The lowest BCUT2D eigenvalue weighted by Crippen LogP contribution is -2.18. The molecule has 0 spiro atoms. The molecule has 94 valence electrons. The van der Waals surface area contributed by atoms with Crippen LogP contribution >= 0.6 is 11.3 Å². The van der Waals surface area contributed by atoms with Gasteiger partial charge in [-0.3, -0.25) is 0 Å². The molecule has 0 radical (unpaired) electrons. The van der Waals surface area contributed by atoms with E-state index in [-0.39, 0.29) is 11.9 Å². The minimum absolute atomic E-state index is 0.137. The molecular formula is C14H15FN2S. The minimum atomic E-state index is -0.174. The molecule has 0 amide bonds. The predicted molar refractivity (Wildman–Crippen MR) is 71.4 cm³/mol. The number of hydrogen-bond donors (Lipinski definition) is 1. The van der Waals surface area contributed by atoms with Gasteiger partial charge < -0.3 is 5.32 Å². The molecular weight excluding hydrogens is 247 g/mol. The fraction of sp³-hybridized carbons (Fsp3) is 0.357. The van der Waals surface area contributed by atoms with Crippen molar-refractivity contribution in [2.45, 2.75) is 25.3 Å². The van der Waals surface area contributed by atoms with Crippen molar-refractivity contribution in [2.75, 3.05) is 7.05 Å². The summed E-state index contributed by atoms with van der Waals surface area (Å²) in [5.74, 6) is -0.174. The van der Waals surface area contributed by atoms with E-state index in [2.05, 4.69) is 10.3 Å². The van der Waals surface area contributed by atoms with Crippen LogP contribution in [-0.4, -0.2) is 12.0 Å². The molecule has 2 nitrogen and oxygen atoms in total. The van der Waals surface area contributed by atoms with E-state index in [1.54, 1.807) is 17.4 Å². The SMILES string of the molecule is CNC(c1nc2c(s1)CCC2)c1ccccc1F. The molecule has 0 aliphatic heterocycles. The average molecular weight is 262 g/mol. The number of halogens is 1. The maximum Gasteiger partial charge on any atom is 0.128 e. The predicted octanol–water partition coefficient (Wildman–Crippen LogP) is 3.08. The summed E-state index contributed by atoms with van der Waals surface area (Å²) in [6.07, 6.45) is 3.40. The molecule has 4 heteroatoms. The first-order valence-electron chi connectivity index (χ1n) is 6.19. The Morgan fingerprint density at radius 3 is 2.89 bits per heavy atom. The van der Waals surface area contributed by atoms with E-state index in [1.807, 2.05) is 19.2 Å². The van der Waals surface area contributed by atoms with Gasteiger partial charge in [-0.1, -0.05) is 18.2 Å². The number of aromatic nitrogens is 1. The molecule has 18 heavy (non-hydrogen) atoms. The van der Waals surface area contributed by atoms with Gasteiger partial charge in [-0.2, -0.15) is 0 Å². The van der Waals surface area contributed by atoms with Crippen LogP contribution in [0, 0.1) is 5.82 Å². The standard InChI is InChI=1S/C14H15FN2S/c1-16-13(9-5-2-3-6-10(9)15)14-17-11-7-4-8-12(11)18-14/h2-3,5-6,13,16H,4,7-8H2,1H3. The lowest BCUT2D eigenvalue weighted by atomic mass is 10.1. The fourth-order valence-electron chi connectivity index (χ4n) is 2.46. The third-order valence-electron chi connectivity index (χ3n) is 3.36. The topological polar surface area (TPSA) is 24.9 Å². The third kappa shape index (κ3) is 1.95. The Labute approximate surface area is 110 Å². The van der Waals surface area contributed by atoms with E-state index < -0.39 is 0 Å². The first kappa shape index (κ1) is 11.8. The van der Waals surface area contributed by atoms with Gasteiger partial charge in [-0.25, -0.2) is 9.37 Å². The highest BCUT2D eigenvalue weighted by atomic mass is 32.1. The van der Waals surface area contributed by atoms with Gasteiger partial charge in [0.2, 0.25) is 0 Å². The monoisotopic (exact) mass is 262 g/mol. The normalized spacial score (nSPS) is 15.7. The van der Waals surface area contributed by atoms with Crippen LogP contribution in [0.1, 0.15) is 33.6 Å². The molecule has 0 fully saturated rings. The first-order chi connectivity index (χ1) is 8.79. The van der Waals surface area contributed by atoms with Crippen molar-refractivity contribution in [1.82, 2.24) is 10.3 Å². The maximum absolute atomic E-state index is 13.9. The fourth-order valence-corrected chi connectivity index (χ4v) is 3.74. The van der Waals surface area contributed by atoms with Crippen LogP contribution < -0.4 is 5.32 Å². The van der Waals surface area contributed by atoms with Crippen LogP contribution in [0.15, 0.2) is 24.3 Å². The summed E-state index contributed by atoms with van der Waals surface area (Å²) in [5.41, 5.74) is 1.89. The largest absolute Gasteiger partial charge is 0.307 e. The van der Waals surface area contributed by atoms with Gasteiger partial charge in [0.1, 0.15) is 10.8 Å². The number of thiazole rings is 1. The maximum atomic E-state index is 13.9. The van der Waals surface area contributed by atoms with Crippen molar-refractivity contribution in [1.29, 1.82) is 0 Å². The van der Waals surface area contributed by atoms with E-state index in [4.69, 9.17) is 0 Å². The Balaban J connectivity index is 1.99. The highest BCUT2D eigenvalue weighted by molar-refractivity contribution is 7.11. The van der Waals surface area contributed by atoms with Crippen molar-refractivity contribution in [2.24, 2.45) is 0 Å². The van der Waals surface area contributed by atoms with E-state index >= 15 is 0 Å². The summed E-state index contributed by atoms with van der Waals surface area (Å²) < 4.78 is 13.9.